The van der Waals surface area contributed by atoms with E-state index in [0.29, 0.717) is 12.3 Å². The van der Waals surface area contributed by atoms with Crippen LogP contribution in [0.4, 0.5) is 11.4 Å². The highest BCUT2D eigenvalue weighted by atomic mass is 16.5. The third-order valence-electron chi connectivity index (χ3n) is 3.34. The molecule has 4 nitrogen and oxygen atoms in total. The van der Waals surface area contributed by atoms with Crippen molar-refractivity contribution in [2.24, 2.45) is 0 Å². The fourth-order valence-corrected chi connectivity index (χ4v) is 2.27. The highest BCUT2D eigenvalue weighted by molar-refractivity contribution is 5.62. The third kappa shape index (κ3) is 3.88. The van der Waals surface area contributed by atoms with Crippen LogP contribution < -0.4 is 15.4 Å². The molecule has 0 bridgehead atoms. The van der Waals surface area contributed by atoms with Crippen LogP contribution >= 0.6 is 0 Å². The summed E-state index contributed by atoms with van der Waals surface area (Å²) in [4.78, 5) is 6.82. The van der Waals surface area contributed by atoms with E-state index in [9.17, 15) is 0 Å². The van der Waals surface area contributed by atoms with Gasteiger partial charge in [-0.2, -0.15) is 0 Å². The smallest absolute Gasteiger partial charge is 0.144 e. The van der Waals surface area contributed by atoms with Crippen LogP contribution in [0.3, 0.4) is 0 Å². The van der Waals surface area contributed by atoms with Gasteiger partial charge in [0.25, 0.3) is 0 Å². The van der Waals surface area contributed by atoms with Crippen LogP contribution in [0.5, 0.6) is 5.75 Å². The van der Waals surface area contributed by atoms with Gasteiger partial charge in [0.05, 0.1) is 24.5 Å². The number of anilines is 2. The Bertz CT molecular complexity index is 598. The van der Waals surface area contributed by atoms with Crippen LogP contribution in [-0.2, 0) is 6.54 Å². The van der Waals surface area contributed by atoms with E-state index < -0.39 is 0 Å². The Hall–Kier alpha value is -2.23. The van der Waals surface area contributed by atoms with Crippen LogP contribution in [0.1, 0.15) is 25.2 Å². The molecule has 0 amide bonds. The fourth-order valence-electron chi connectivity index (χ4n) is 2.27. The van der Waals surface area contributed by atoms with Crippen molar-refractivity contribution < 1.29 is 4.74 Å². The number of hydrogen-bond acceptors (Lipinski definition) is 4. The van der Waals surface area contributed by atoms with Gasteiger partial charge in [-0.15, -0.1) is 0 Å². The molecule has 0 fully saturated rings. The molecule has 2 N–H and O–H groups in total. The Labute approximate surface area is 126 Å². The molecular weight excluding hydrogens is 262 g/mol. The van der Waals surface area contributed by atoms with Gasteiger partial charge in [-0.3, -0.25) is 4.98 Å². The molecular formula is C17H23N3O. The molecule has 4 heteroatoms. The zero-order chi connectivity index (χ0) is 15.2. The molecule has 0 aliphatic carbocycles. The predicted octanol–water partition coefficient (Wildman–Crippen LogP) is 3.40. The maximum Gasteiger partial charge on any atom is 0.144 e. The first kappa shape index (κ1) is 15.2. The molecule has 0 radical (unpaired) electrons. The minimum Gasteiger partial charge on any atom is -0.492 e. The Balaban J connectivity index is 2.22. The molecule has 0 atom stereocenters. The van der Waals surface area contributed by atoms with Gasteiger partial charge in [0.15, 0.2) is 0 Å². The summed E-state index contributed by atoms with van der Waals surface area (Å²) in [5.74, 6) is 0.741. The molecule has 0 spiro atoms. The number of nitrogen functional groups attached to an aromatic ring is 1. The van der Waals surface area contributed by atoms with Gasteiger partial charge >= 0.3 is 0 Å². The number of hydrogen-bond donors (Lipinski definition) is 1. The van der Waals surface area contributed by atoms with Crippen molar-refractivity contribution in [3.63, 3.8) is 0 Å². The molecule has 21 heavy (non-hydrogen) atoms. The topological polar surface area (TPSA) is 51.4 Å². The van der Waals surface area contributed by atoms with Crippen molar-refractivity contribution in [1.29, 1.82) is 0 Å². The Morgan fingerprint density at radius 2 is 2.00 bits per heavy atom. The molecule has 0 aliphatic rings. The number of pyridine rings is 1. The maximum atomic E-state index is 5.93. The van der Waals surface area contributed by atoms with Gasteiger partial charge in [0.2, 0.25) is 0 Å². The van der Waals surface area contributed by atoms with Crippen LogP contribution in [0.15, 0.2) is 36.4 Å². The van der Waals surface area contributed by atoms with Gasteiger partial charge in [-0.25, -0.2) is 0 Å². The van der Waals surface area contributed by atoms with E-state index in [0.717, 1.165) is 35.9 Å². The molecule has 112 valence electrons. The summed E-state index contributed by atoms with van der Waals surface area (Å²) in [6, 6.07) is 12.0. The summed E-state index contributed by atoms with van der Waals surface area (Å²) in [7, 11) is 0. The Kier molecular flexibility index (Phi) is 5.04. The minimum atomic E-state index is 0.610. The van der Waals surface area contributed by atoms with Gasteiger partial charge in [0.1, 0.15) is 5.75 Å². The summed E-state index contributed by atoms with van der Waals surface area (Å²) >= 11 is 0. The molecule has 0 saturated heterocycles. The van der Waals surface area contributed by atoms with Gasteiger partial charge in [-0.1, -0.05) is 6.07 Å². The molecule has 0 saturated carbocycles. The standard InChI is InChI=1S/C17H23N3O/c1-4-20(12-14-8-6-7-13(3)19-14)15-9-10-16(18)17(11-15)21-5-2/h6-11H,4-5,12,18H2,1-3H3. The Morgan fingerprint density at radius 3 is 2.67 bits per heavy atom. The van der Waals surface area contributed by atoms with Crippen LogP contribution in [0, 0.1) is 6.92 Å². The molecule has 1 aromatic heterocycles. The largest absolute Gasteiger partial charge is 0.492 e. The van der Waals surface area contributed by atoms with Crippen molar-refractivity contribution in [2.45, 2.75) is 27.3 Å². The number of rotatable bonds is 6. The highest BCUT2D eigenvalue weighted by Crippen LogP contribution is 2.28. The van der Waals surface area contributed by atoms with E-state index in [4.69, 9.17) is 10.5 Å². The summed E-state index contributed by atoms with van der Waals surface area (Å²) in [5, 5.41) is 0. The summed E-state index contributed by atoms with van der Waals surface area (Å²) < 4.78 is 5.57. The molecule has 2 aromatic rings. The summed E-state index contributed by atoms with van der Waals surface area (Å²) in [6.45, 7) is 8.38. The van der Waals surface area contributed by atoms with E-state index >= 15 is 0 Å². The first-order valence-corrected chi connectivity index (χ1v) is 7.33. The van der Waals surface area contributed by atoms with E-state index in [1.807, 2.05) is 44.2 Å². The maximum absolute atomic E-state index is 5.93. The second kappa shape index (κ2) is 6.97. The Morgan fingerprint density at radius 1 is 1.19 bits per heavy atom. The number of ether oxygens (including phenoxy) is 1. The van der Waals surface area contributed by atoms with Crippen LogP contribution in [-0.4, -0.2) is 18.1 Å². The van der Waals surface area contributed by atoms with Gasteiger partial charge in [0, 0.05) is 24.0 Å². The number of aryl methyl sites for hydroxylation is 1. The van der Waals surface area contributed by atoms with Crippen molar-refractivity contribution in [1.82, 2.24) is 4.98 Å². The molecule has 1 aromatic carbocycles. The highest BCUT2D eigenvalue weighted by Gasteiger charge is 2.09. The first-order valence-electron chi connectivity index (χ1n) is 7.33. The van der Waals surface area contributed by atoms with E-state index in [1.165, 1.54) is 0 Å². The predicted molar refractivity (Wildman–Crippen MR) is 87.7 cm³/mol. The van der Waals surface area contributed by atoms with Crippen LogP contribution in [0.2, 0.25) is 0 Å². The molecule has 2 rings (SSSR count). The monoisotopic (exact) mass is 285 g/mol. The lowest BCUT2D eigenvalue weighted by molar-refractivity contribution is 0.342. The van der Waals surface area contributed by atoms with Crippen molar-refractivity contribution in [3.8, 4) is 5.75 Å². The first-order chi connectivity index (χ1) is 10.1. The lowest BCUT2D eigenvalue weighted by Gasteiger charge is -2.24. The van der Waals surface area contributed by atoms with Gasteiger partial charge in [-0.05, 0) is 45.0 Å². The van der Waals surface area contributed by atoms with Crippen molar-refractivity contribution >= 4 is 11.4 Å². The summed E-state index contributed by atoms with van der Waals surface area (Å²) in [6.07, 6.45) is 0. The summed E-state index contributed by atoms with van der Waals surface area (Å²) in [5.41, 5.74) is 9.80. The average molecular weight is 285 g/mol. The van der Waals surface area contributed by atoms with E-state index in [-0.39, 0.29) is 0 Å². The number of benzene rings is 1. The molecule has 0 unspecified atom stereocenters. The second-order valence-electron chi connectivity index (χ2n) is 4.94. The van der Waals surface area contributed by atoms with Crippen molar-refractivity contribution in [3.05, 3.63) is 47.8 Å². The quantitative estimate of drug-likeness (QED) is 0.826. The number of nitrogens with two attached hydrogens (primary N) is 1. The van der Waals surface area contributed by atoms with Gasteiger partial charge < -0.3 is 15.4 Å². The third-order valence-corrected chi connectivity index (χ3v) is 3.34. The lowest BCUT2D eigenvalue weighted by Crippen LogP contribution is -2.22. The normalized spacial score (nSPS) is 10.4. The van der Waals surface area contributed by atoms with E-state index in [2.05, 4.69) is 22.9 Å². The molecule has 0 aliphatic heterocycles. The average Bonchev–Trinajstić information content (AvgIpc) is 2.47. The minimum absolute atomic E-state index is 0.610. The molecule has 1 heterocycles. The fraction of sp³-hybridized carbons (Fsp3) is 0.353. The van der Waals surface area contributed by atoms with Crippen molar-refractivity contribution in [2.75, 3.05) is 23.8 Å². The SMILES string of the molecule is CCOc1cc(N(CC)Cc2cccc(C)n2)ccc1N. The van der Waals surface area contributed by atoms with Crippen LogP contribution in [0.25, 0.3) is 0 Å². The zero-order valence-corrected chi connectivity index (χ0v) is 13.0. The second-order valence-corrected chi connectivity index (χ2v) is 4.94. The lowest BCUT2D eigenvalue weighted by atomic mass is 10.2. The number of aromatic nitrogens is 1. The number of nitrogens with zero attached hydrogens (tertiary/aromatic N) is 2. The zero-order valence-electron chi connectivity index (χ0n) is 13.0. The van der Waals surface area contributed by atoms with E-state index in [1.54, 1.807) is 0 Å².